The first kappa shape index (κ1) is 16.5. The van der Waals surface area contributed by atoms with Crippen LogP contribution in [0.4, 0.5) is 0 Å². The van der Waals surface area contributed by atoms with Crippen molar-refractivity contribution >= 4 is 17.5 Å². The molecule has 0 unspecified atom stereocenters. The van der Waals surface area contributed by atoms with E-state index in [1.165, 1.54) is 6.20 Å². The van der Waals surface area contributed by atoms with E-state index in [0.29, 0.717) is 36.0 Å². The fourth-order valence-corrected chi connectivity index (χ4v) is 2.08. The first-order chi connectivity index (χ1) is 10.7. The van der Waals surface area contributed by atoms with Crippen molar-refractivity contribution in [3.63, 3.8) is 0 Å². The number of nitrogens with zero attached hydrogens (tertiary/aromatic N) is 1. The van der Waals surface area contributed by atoms with E-state index in [2.05, 4.69) is 20.8 Å². The molecule has 2 rings (SSSR count). The number of benzene rings is 1. The van der Waals surface area contributed by atoms with Crippen molar-refractivity contribution < 1.29 is 9.53 Å². The minimum absolute atomic E-state index is 0.160. The Morgan fingerprint density at radius 2 is 2.05 bits per heavy atom. The number of H-pyrrole nitrogens is 1. The summed E-state index contributed by atoms with van der Waals surface area (Å²) in [6.07, 6.45) is 1.53. The van der Waals surface area contributed by atoms with Crippen molar-refractivity contribution in [2.75, 3.05) is 33.4 Å². The van der Waals surface area contributed by atoms with Crippen LogP contribution in [0.2, 0.25) is 5.02 Å². The molecule has 1 heterocycles. The van der Waals surface area contributed by atoms with Gasteiger partial charge >= 0.3 is 0 Å². The number of nitrogens with one attached hydrogen (secondary N) is 3. The van der Waals surface area contributed by atoms with Crippen molar-refractivity contribution in [2.45, 2.75) is 0 Å². The van der Waals surface area contributed by atoms with Gasteiger partial charge in [-0.15, -0.1) is 0 Å². The maximum Gasteiger partial charge on any atom is 0.255 e. The van der Waals surface area contributed by atoms with E-state index >= 15 is 0 Å². The normalized spacial score (nSPS) is 10.6. The Morgan fingerprint density at radius 3 is 2.77 bits per heavy atom. The molecule has 0 saturated heterocycles. The van der Waals surface area contributed by atoms with Crippen LogP contribution >= 0.6 is 11.6 Å². The molecule has 0 bridgehead atoms. The summed E-state index contributed by atoms with van der Waals surface area (Å²) in [5, 5.41) is 13.5. The van der Waals surface area contributed by atoms with Gasteiger partial charge in [0.05, 0.1) is 24.1 Å². The van der Waals surface area contributed by atoms with Gasteiger partial charge < -0.3 is 15.4 Å². The average Bonchev–Trinajstić information content (AvgIpc) is 3.01. The third kappa shape index (κ3) is 4.56. The standard InChI is InChI=1S/C15H19ClN4O2/c1-22-9-8-17-6-7-18-15(21)13-10-19-20-14(13)11-2-4-12(16)5-3-11/h2-5,10,17H,6-9H2,1H3,(H,18,21)(H,19,20). The van der Waals surface area contributed by atoms with Crippen LogP contribution in [-0.2, 0) is 4.74 Å². The van der Waals surface area contributed by atoms with Gasteiger partial charge in [0, 0.05) is 37.3 Å². The van der Waals surface area contributed by atoms with Crippen LogP contribution in [0.1, 0.15) is 10.4 Å². The second-order valence-electron chi connectivity index (χ2n) is 4.66. The van der Waals surface area contributed by atoms with Crippen LogP contribution in [0.5, 0.6) is 0 Å². The summed E-state index contributed by atoms with van der Waals surface area (Å²) in [6, 6.07) is 7.25. The molecule has 0 saturated carbocycles. The maximum atomic E-state index is 12.2. The molecule has 0 atom stereocenters. The van der Waals surface area contributed by atoms with Crippen molar-refractivity contribution in [3.05, 3.63) is 41.0 Å². The lowest BCUT2D eigenvalue weighted by molar-refractivity contribution is 0.0954. The van der Waals surface area contributed by atoms with E-state index in [1.807, 2.05) is 12.1 Å². The number of methoxy groups -OCH3 is 1. The van der Waals surface area contributed by atoms with Gasteiger partial charge in [0.15, 0.2) is 0 Å². The van der Waals surface area contributed by atoms with Gasteiger partial charge in [0.2, 0.25) is 0 Å². The Kier molecular flexibility index (Phi) is 6.39. The number of aromatic amines is 1. The Morgan fingerprint density at radius 1 is 1.27 bits per heavy atom. The molecule has 0 aliphatic rings. The molecule has 0 fully saturated rings. The van der Waals surface area contributed by atoms with Crippen molar-refractivity contribution in [1.82, 2.24) is 20.8 Å². The monoisotopic (exact) mass is 322 g/mol. The molecule has 0 radical (unpaired) electrons. The van der Waals surface area contributed by atoms with Gasteiger partial charge in [0.1, 0.15) is 0 Å². The fourth-order valence-electron chi connectivity index (χ4n) is 1.95. The molecule has 6 nitrogen and oxygen atoms in total. The number of aromatic nitrogens is 2. The summed E-state index contributed by atoms with van der Waals surface area (Å²) in [6.45, 7) is 2.63. The lowest BCUT2D eigenvalue weighted by Crippen LogP contribution is -2.33. The van der Waals surface area contributed by atoms with Gasteiger partial charge in [0.25, 0.3) is 5.91 Å². The molecule has 0 aliphatic carbocycles. The summed E-state index contributed by atoms with van der Waals surface area (Å²) >= 11 is 5.88. The molecule has 0 aliphatic heterocycles. The van der Waals surface area contributed by atoms with E-state index in [4.69, 9.17) is 16.3 Å². The number of amides is 1. The number of halogens is 1. The van der Waals surface area contributed by atoms with Crippen LogP contribution < -0.4 is 10.6 Å². The summed E-state index contributed by atoms with van der Waals surface area (Å²) in [5.41, 5.74) is 2.06. The van der Waals surface area contributed by atoms with Gasteiger partial charge in [-0.25, -0.2) is 0 Å². The first-order valence-corrected chi connectivity index (χ1v) is 7.37. The van der Waals surface area contributed by atoms with Gasteiger partial charge in [-0.1, -0.05) is 23.7 Å². The first-order valence-electron chi connectivity index (χ1n) is 6.99. The zero-order valence-corrected chi connectivity index (χ0v) is 13.1. The number of carbonyl (C=O) groups excluding carboxylic acids is 1. The van der Waals surface area contributed by atoms with Crippen LogP contribution in [0.15, 0.2) is 30.5 Å². The van der Waals surface area contributed by atoms with Crippen LogP contribution in [0.25, 0.3) is 11.3 Å². The van der Waals surface area contributed by atoms with Gasteiger partial charge in [-0.3, -0.25) is 9.89 Å². The number of ether oxygens (including phenoxy) is 1. The third-order valence-electron chi connectivity index (χ3n) is 3.09. The predicted octanol–water partition coefficient (Wildman–Crippen LogP) is 1.70. The highest BCUT2D eigenvalue weighted by Gasteiger charge is 2.14. The van der Waals surface area contributed by atoms with E-state index in [0.717, 1.165) is 12.1 Å². The zero-order valence-electron chi connectivity index (χ0n) is 12.4. The fraction of sp³-hybridized carbons (Fsp3) is 0.333. The van der Waals surface area contributed by atoms with Crippen LogP contribution in [-0.4, -0.2) is 49.5 Å². The lowest BCUT2D eigenvalue weighted by atomic mass is 10.1. The number of carbonyl (C=O) groups is 1. The summed E-state index contributed by atoms with van der Waals surface area (Å²) in [4.78, 5) is 12.2. The van der Waals surface area contributed by atoms with E-state index in [9.17, 15) is 4.79 Å². The van der Waals surface area contributed by atoms with E-state index in [1.54, 1.807) is 19.2 Å². The maximum absolute atomic E-state index is 12.2. The highest BCUT2D eigenvalue weighted by atomic mass is 35.5. The van der Waals surface area contributed by atoms with Crippen LogP contribution in [0.3, 0.4) is 0 Å². The molecular formula is C15H19ClN4O2. The molecule has 7 heteroatoms. The second kappa shape index (κ2) is 8.53. The molecule has 118 valence electrons. The van der Waals surface area contributed by atoms with Crippen molar-refractivity contribution in [3.8, 4) is 11.3 Å². The minimum Gasteiger partial charge on any atom is -0.383 e. The predicted molar refractivity (Wildman–Crippen MR) is 86.1 cm³/mol. The second-order valence-corrected chi connectivity index (χ2v) is 5.10. The van der Waals surface area contributed by atoms with E-state index < -0.39 is 0 Å². The largest absolute Gasteiger partial charge is 0.383 e. The average molecular weight is 323 g/mol. The molecule has 22 heavy (non-hydrogen) atoms. The van der Waals surface area contributed by atoms with Gasteiger partial charge in [-0.05, 0) is 12.1 Å². The smallest absolute Gasteiger partial charge is 0.255 e. The molecule has 1 amide bonds. The molecular weight excluding hydrogens is 304 g/mol. The summed E-state index contributed by atoms with van der Waals surface area (Å²) in [7, 11) is 1.65. The quantitative estimate of drug-likeness (QED) is 0.646. The molecule has 1 aromatic carbocycles. The molecule has 1 aromatic heterocycles. The van der Waals surface area contributed by atoms with E-state index in [-0.39, 0.29) is 5.91 Å². The Labute approximate surface area is 134 Å². The number of rotatable bonds is 8. The molecule has 0 spiro atoms. The third-order valence-corrected chi connectivity index (χ3v) is 3.34. The highest BCUT2D eigenvalue weighted by Crippen LogP contribution is 2.22. The number of hydrogen-bond donors (Lipinski definition) is 3. The Bertz CT molecular complexity index is 598. The zero-order chi connectivity index (χ0) is 15.8. The Balaban J connectivity index is 1.91. The van der Waals surface area contributed by atoms with Crippen molar-refractivity contribution in [1.29, 1.82) is 0 Å². The lowest BCUT2D eigenvalue weighted by Gasteiger charge is -2.07. The Hall–Kier alpha value is -1.89. The van der Waals surface area contributed by atoms with Crippen molar-refractivity contribution in [2.24, 2.45) is 0 Å². The minimum atomic E-state index is -0.160. The van der Waals surface area contributed by atoms with Gasteiger partial charge in [-0.2, -0.15) is 5.10 Å². The summed E-state index contributed by atoms with van der Waals surface area (Å²) < 4.78 is 4.93. The topological polar surface area (TPSA) is 79.0 Å². The van der Waals surface area contributed by atoms with Crippen LogP contribution in [0, 0.1) is 0 Å². The molecule has 3 N–H and O–H groups in total. The highest BCUT2D eigenvalue weighted by molar-refractivity contribution is 6.30. The molecule has 2 aromatic rings. The summed E-state index contributed by atoms with van der Waals surface area (Å²) in [5.74, 6) is -0.160. The SMILES string of the molecule is COCCNCCNC(=O)c1cn[nH]c1-c1ccc(Cl)cc1. The number of hydrogen-bond acceptors (Lipinski definition) is 4.